The van der Waals surface area contributed by atoms with Gasteiger partial charge in [0.1, 0.15) is 5.60 Å². The molecule has 4 nitrogen and oxygen atoms in total. The van der Waals surface area contributed by atoms with Crippen LogP contribution in [0, 0.1) is 0 Å². The molecule has 2 aromatic rings. The highest BCUT2D eigenvalue weighted by molar-refractivity contribution is 6.43. The van der Waals surface area contributed by atoms with E-state index in [9.17, 15) is 5.02 Å². The van der Waals surface area contributed by atoms with Gasteiger partial charge in [0.2, 0.25) is 0 Å². The highest BCUT2D eigenvalue weighted by Gasteiger charge is 2.44. The van der Waals surface area contributed by atoms with Crippen molar-refractivity contribution in [2.24, 2.45) is 0 Å². The maximum atomic E-state index is 9.70. The van der Waals surface area contributed by atoms with Crippen molar-refractivity contribution in [3.63, 3.8) is 0 Å². The van der Waals surface area contributed by atoms with Crippen LogP contribution in [0.1, 0.15) is 42.7 Å². The molecule has 3 aliphatic rings. The zero-order chi connectivity index (χ0) is 18.4. The molecular formula is C22H25BO4. The van der Waals surface area contributed by atoms with Crippen LogP contribution < -0.4 is 9.47 Å². The number of benzene rings is 2. The Morgan fingerprint density at radius 3 is 2.78 bits per heavy atom. The first-order chi connectivity index (χ1) is 13.2. The molecule has 140 valence electrons. The second kappa shape index (κ2) is 6.57. The minimum Gasteiger partial charge on any atom is -0.493 e. The summed E-state index contributed by atoms with van der Waals surface area (Å²) >= 11 is 0. The fraction of sp³-hybridized carbons (Fsp3) is 0.455. The maximum Gasteiger partial charge on any atom is 0.454 e. The van der Waals surface area contributed by atoms with E-state index in [2.05, 4.69) is 30.3 Å². The van der Waals surface area contributed by atoms with Crippen molar-refractivity contribution < 1.29 is 19.2 Å². The largest absolute Gasteiger partial charge is 0.493 e. The molecule has 1 atom stereocenters. The standard InChI is InChI=1S/C22H25BO4/c1-25-20-8-7-18(19-12-22(27-21(19)20)9-2-3-10-22)16-6-4-5-15(11-16)17-13-23(24)26-14-17/h4-8,11,17,24H,2-3,9-10,12-14H2,1H3/t17-/m0/s1. The molecule has 1 N–H and O–H groups in total. The lowest BCUT2D eigenvalue weighted by Crippen LogP contribution is -2.30. The van der Waals surface area contributed by atoms with Gasteiger partial charge in [-0.25, -0.2) is 0 Å². The van der Waals surface area contributed by atoms with Crippen molar-refractivity contribution in [3.8, 4) is 22.6 Å². The molecule has 0 aromatic heterocycles. The number of ether oxygens (including phenoxy) is 2. The lowest BCUT2D eigenvalue weighted by molar-refractivity contribution is 0.0996. The summed E-state index contributed by atoms with van der Waals surface area (Å²) < 4.78 is 17.5. The summed E-state index contributed by atoms with van der Waals surface area (Å²) in [6.45, 7) is 0.581. The Balaban J connectivity index is 1.54. The summed E-state index contributed by atoms with van der Waals surface area (Å²) in [6, 6.07) is 12.8. The molecule has 1 saturated heterocycles. The van der Waals surface area contributed by atoms with Gasteiger partial charge < -0.3 is 19.2 Å². The van der Waals surface area contributed by atoms with E-state index in [-0.39, 0.29) is 11.5 Å². The third-order valence-electron chi connectivity index (χ3n) is 6.42. The van der Waals surface area contributed by atoms with Crippen LogP contribution in [0.25, 0.3) is 11.1 Å². The molecule has 2 heterocycles. The molecule has 1 spiro atoms. The predicted molar refractivity (Wildman–Crippen MR) is 105 cm³/mol. The van der Waals surface area contributed by atoms with Gasteiger partial charge in [0.05, 0.1) is 7.11 Å². The molecule has 0 bridgehead atoms. The normalized spacial score (nSPS) is 22.9. The Bertz CT molecular complexity index is 859. The summed E-state index contributed by atoms with van der Waals surface area (Å²) in [5, 5.41) is 9.70. The maximum absolute atomic E-state index is 9.70. The highest BCUT2D eigenvalue weighted by Crippen LogP contribution is 2.51. The molecule has 5 heteroatoms. The van der Waals surface area contributed by atoms with Gasteiger partial charge >= 0.3 is 7.12 Å². The summed E-state index contributed by atoms with van der Waals surface area (Å²) in [5.41, 5.74) is 4.90. The van der Waals surface area contributed by atoms with Crippen molar-refractivity contribution in [2.75, 3.05) is 13.7 Å². The van der Waals surface area contributed by atoms with Crippen molar-refractivity contribution >= 4 is 7.12 Å². The molecule has 0 unspecified atom stereocenters. The second-order valence-electron chi connectivity index (χ2n) is 8.14. The molecule has 5 rings (SSSR count). The van der Waals surface area contributed by atoms with Crippen LogP contribution >= 0.6 is 0 Å². The van der Waals surface area contributed by atoms with E-state index in [0.717, 1.165) is 30.8 Å². The fourth-order valence-electron chi connectivity index (χ4n) is 5.00. The minimum atomic E-state index is -0.639. The summed E-state index contributed by atoms with van der Waals surface area (Å²) in [7, 11) is 1.07. The van der Waals surface area contributed by atoms with Crippen LogP contribution in [0.15, 0.2) is 36.4 Å². The van der Waals surface area contributed by atoms with Crippen molar-refractivity contribution in [3.05, 3.63) is 47.5 Å². The van der Waals surface area contributed by atoms with Crippen LogP contribution in [-0.2, 0) is 11.1 Å². The summed E-state index contributed by atoms with van der Waals surface area (Å²) in [4.78, 5) is 0. The Labute approximate surface area is 160 Å². The van der Waals surface area contributed by atoms with Gasteiger partial charge in [-0.1, -0.05) is 30.3 Å². The summed E-state index contributed by atoms with van der Waals surface area (Å²) in [5.74, 6) is 2.02. The van der Waals surface area contributed by atoms with Crippen molar-refractivity contribution in [1.29, 1.82) is 0 Å². The van der Waals surface area contributed by atoms with Gasteiger partial charge in [-0.05, 0) is 54.8 Å². The molecule has 27 heavy (non-hydrogen) atoms. The van der Waals surface area contributed by atoms with Gasteiger partial charge in [0.15, 0.2) is 11.5 Å². The van der Waals surface area contributed by atoms with Crippen LogP contribution in [0.2, 0.25) is 6.32 Å². The van der Waals surface area contributed by atoms with Gasteiger partial charge in [-0.3, -0.25) is 0 Å². The van der Waals surface area contributed by atoms with Crippen molar-refractivity contribution in [2.45, 2.75) is 49.9 Å². The number of rotatable bonds is 3. The number of hydrogen-bond acceptors (Lipinski definition) is 4. The number of fused-ring (bicyclic) bond motifs is 1. The smallest absolute Gasteiger partial charge is 0.454 e. The summed E-state index contributed by atoms with van der Waals surface area (Å²) in [6.07, 6.45) is 6.36. The second-order valence-corrected chi connectivity index (χ2v) is 8.14. The number of hydrogen-bond donors (Lipinski definition) is 1. The molecular weight excluding hydrogens is 339 g/mol. The van der Waals surface area contributed by atoms with E-state index in [4.69, 9.17) is 14.1 Å². The van der Waals surface area contributed by atoms with E-state index in [0.29, 0.717) is 12.9 Å². The number of methoxy groups -OCH3 is 1. The van der Waals surface area contributed by atoms with E-state index >= 15 is 0 Å². The van der Waals surface area contributed by atoms with Gasteiger partial charge in [-0.2, -0.15) is 0 Å². The molecule has 2 fully saturated rings. The Morgan fingerprint density at radius 2 is 2.04 bits per heavy atom. The van der Waals surface area contributed by atoms with Crippen LogP contribution in [0.3, 0.4) is 0 Å². The fourth-order valence-corrected chi connectivity index (χ4v) is 5.00. The monoisotopic (exact) mass is 364 g/mol. The first-order valence-electron chi connectivity index (χ1n) is 9.96. The minimum absolute atomic E-state index is 0.0350. The molecule has 2 aliphatic heterocycles. The van der Waals surface area contributed by atoms with E-state index < -0.39 is 7.12 Å². The molecule has 0 amide bonds. The third-order valence-corrected chi connectivity index (χ3v) is 6.42. The average molecular weight is 364 g/mol. The highest BCUT2D eigenvalue weighted by atomic mass is 16.5. The topological polar surface area (TPSA) is 47.9 Å². The zero-order valence-electron chi connectivity index (χ0n) is 15.7. The Kier molecular flexibility index (Phi) is 4.17. The Morgan fingerprint density at radius 1 is 1.19 bits per heavy atom. The Hall–Kier alpha value is -1.98. The predicted octanol–water partition coefficient (Wildman–Crippen LogP) is 4.20. The lowest BCUT2D eigenvalue weighted by Gasteiger charge is -2.22. The first-order valence-corrected chi connectivity index (χ1v) is 9.96. The lowest BCUT2D eigenvalue weighted by atomic mass is 9.79. The van der Waals surface area contributed by atoms with Crippen LogP contribution in [-0.4, -0.2) is 31.5 Å². The van der Waals surface area contributed by atoms with Gasteiger partial charge in [0, 0.05) is 24.5 Å². The molecule has 0 radical (unpaired) electrons. The molecule has 2 aromatic carbocycles. The average Bonchev–Trinajstić information content (AvgIpc) is 3.41. The molecule has 1 saturated carbocycles. The first kappa shape index (κ1) is 17.1. The third kappa shape index (κ3) is 2.93. The van der Waals surface area contributed by atoms with Crippen LogP contribution in [0.4, 0.5) is 0 Å². The quantitative estimate of drug-likeness (QED) is 0.830. The van der Waals surface area contributed by atoms with Gasteiger partial charge in [-0.15, -0.1) is 0 Å². The SMILES string of the molecule is COc1ccc(-c2cccc([C@@H]3COB(O)C3)c2)c2c1OC1(CCCC1)C2. The van der Waals surface area contributed by atoms with Crippen molar-refractivity contribution in [1.82, 2.24) is 0 Å². The van der Waals surface area contributed by atoms with Gasteiger partial charge in [0.25, 0.3) is 0 Å². The van der Waals surface area contributed by atoms with E-state index in [1.807, 2.05) is 6.07 Å². The zero-order valence-corrected chi connectivity index (χ0v) is 15.7. The van der Waals surface area contributed by atoms with E-state index in [1.165, 1.54) is 35.1 Å². The van der Waals surface area contributed by atoms with Crippen LogP contribution in [0.5, 0.6) is 11.5 Å². The molecule has 1 aliphatic carbocycles. The van der Waals surface area contributed by atoms with E-state index in [1.54, 1.807) is 7.11 Å².